The Balaban J connectivity index is 1.77. The van der Waals surface area contributed by atoms with E-state index in [1.165, 1.54) is 4.90 Å². The summed E-state index contributed by atoms with van der Waals surface area (Å²) in [4.78, 5) is 26.0. The van der Waals surface area contributed by atoms with Gasteiger partial charge in [-0.2, -0.15) is 5.10 Å². The van der Waals surface area contributed by atoms with Crippen molar-refractivity contribution in [2.45, 2.75) is 70.7 Å². The van der Waals surface area contributed by atoms with Gasteiger partial charge < -0.3 is 20.4 Å². The first-order valence-electron chi connectivity index (χ1n) is 10.1. The molecule has 1 fully saturated rings. The van der Waals surface area contributed by atoms with Crippen molar-refractivity contribution < 1.29 is 19.8 Å². The number of hydrogen-bond acceptors (Lipinski definition) is 4. The van der Waals surface area contributed by atoms with E-state index in [-0.39, 0.29) is 30.6 Å². The first kappa shape index (κ1) is 21.1. The van der Waals surface area contributed by atoms with E-state index in [1.54, 1.807) is 13.8 Å². The average molecular weight is 402 g/mol. The highest BCUT2D eigenvalue weighted by atomic mass is 16.4. The lowest BCUT2D eigenvalue weighted by atomic mass is 9.90. The van der Waals surface area contributed by atoms with E-state index in [0.717, 1.165) is 10.9 Å². The molecule has 0 spiro atoms. The van der Waals surface area contributed by atoms with Crippen LogP contribution in [0.25, 0.3) is 10.9 Å². The lowest BCUT2D eigenvalue weighted by Crippen LogP contribution is -2.55. The fourth-order valence-corrected chi connectivity index (χ4v) is 4.07. The number of carbonyl (C=O) groups excluding carboxylic acids is 1. The standard InChI is InChI=1S/C21H30N4O4/c1-13(2)25-17-8-6-5-7-16(17)18(23-25)19(26)22-14-9-10-15(11-21(3,4)29)24(12-14)20(27)28/h5-8,13-15,29H,9-12H2,1-4H3,(H,22,26)(H,27,28)/t14-,15-/m1/s1. The first-order valence-corrected chi connectivity index (χ1v) is 10.1. The summed E-state index contributed by atoms with van der Waals surface area (Å²) in [5.41, 5.74) is 0.306. The quantitative estimate of drug-likeness (QED) is 0.712. The predicted molar refractivity (Wildman–Crippen MR) is 110 cm³/mol. The zero-order valence-electron chi connectivity index (χ0n) is 17.4. The highest BCUT2D eigenvalue weighted by Gasteiger charge is 2.35. The minimum atomic E-state index is -1.03. The second-order valence-corrected chi connectivity index (χ2v) is 8.76. The normalized spacial score (nSPS) is 20.3. The second-order valence-electron chi connectivity index (χ2n) is 8.76. The fraction of sp³-hybridized carbons (Fsp3) is 0.571. The number of aliphatic hydroxyl groups is 1. The highest BCUT2D eigenvalue weighted by Crippen LogP contribution is 2.26. The average Bonchev–Trinajstić information content (AvgIpc) is 3.01. The van der Waals surface area contributed by atoms with Crippen molar-refractivity contribution in [2.24, 2.45) is 0 Å². The molecule has 0 bridgehead atoms. The Hall–Kier alpha value is -2.61. The van der Waals surface area contributed by atoms with E-state index in [4.69, 9.17) is 0 Å². The molecule has 29 heavy (non-hydrogen) atoms. The SMILES string of the molecule is CC(C)n1nc(C(=O)N[C@@H]2CC[C@H](CC(C)(C)O)N(C(=O)O)C2)c2ccccc21. The molecule has 0 saturated carbocycles. The minimum absolute atomic E-state index is 0.112. The van der Waals surface area contributed by atoms with Crippen LogP contribution in [0.2, 0.25) is 0 Å². The van der Waals surface area contributed by atoms with Crippen LogP contribution in [0.15, 0.2) is 24.3 Å². The third kappa shape index (κ3) is 4.70. The number of benzene rings is 1. The molecule has 2 heterocycles. The largest absolute Gasteiger partial charge is 0.465 e. The molecular formula is C21H30N4O4. The molecule has 0 radical (unpaired) electrons. The van der Waals surface area contributed by atoms with Gasteiger partial charge in [-0.25, -0.2) is 4.79 Å². The molecule has 2 aromatic rings. The number of piperidine rings is 1. The van der Waals surface area contributed by atoms with Crippen LogP contribution in [0.1, 0.15) is 63.5 Å². The molecule has 3 N–H and O–H groups in total. The molecule has 3 rings (SSSR count). The monoisotopic (exact) mass is 402 g/mol. The molecule has 8 heteroatoms. The number of aromatic nitrogens is 2. The number of hydrogen-bond donors (Lipinski definition) is 3. The molecule has 1 aliphatic heterocycles. The maximum atomic E-state index is 13.0. The molecule has 8 nitrogen and oxygen atoms in total. The van der Waals surface area contributed by atoms with Gasteiger partial charge in [-0.3, -0.25) is 9.48 Å². The molecule has 0 unspecified atom stereocenters. The molecule has 0 aliphatic carbocycles. The number of nitrogens with one attached hydrogen (secondary N) is 1. The van der Waals surface area contributed by atoms with Crippen molar-refractivity contribution >= 4 is 22.9 Å². The Labute approximate surface area is 170 Å². The summed E-state index contributed by atoms with van der Waals surface area (Å²) in [5.74, 6) is -0.295. The van der Waals surface area contributed by atoms with Gasteiger partial charge in [-0.05, 0) is 53.0 Å². The van der Waals surface area contributed by atoms with Crippen molar-refractivity contribution in [1.29, 1.82) is 0 Å². The van der Waals surface area contributed by atoms with Gasteiger partial charge in [0.05, 0.1) is 11.1 Å². The number of carboxylic acid groups (broad SMARTS) is 1. The summed E-state index contributed by atoms with van der Waals surface area (Å²) in [6.07, 6.45) is 0.568. The third-order valence-electron chi connectivity index (χ3n) is 5.34. The molecule has 1 aromatic carbocycles. The van der Waals surface area contributed by atoms with Crippen LogP contribution in [0.4, 0.5) is 4.79 Å². The van der Waals surface area contributed by atoms with Crippen LogP contribution < -0.4 is 5.32 Å². The molecule has 158 valence electrons. The summed E-state index contributed by atoms with van der Waals surface area (Å²) in [5, 5.41) is 27.9. The zero-order chi connectivity index (χ0) is 21.3. The third-order valence-corrected chi connectivity index (χ3v) is 5.34. The van der Waals surface area contributed by atoms with Gasteiger partial charge >= 0.3 is 6.09 Å². The Kier molecular flexibility index (Phi) is 5.84. The van der Waals surface area contributed by atoms with Crippen LogP contribution in [0.3, 0.4) is 0 Å². The smallest absolute Gasteiger partial charge is 0.407 e. The summed E-state index contributed by atoms with van der Waals surface area (Å²) in [7, 11) is 0. The summed E-state index contributed by atoms with van der Waals surface area (Å²) < 4.78 is 1.83. The van der Waals surface area contributed by atoms with E-state index in [9.17, 15) is 19.8 Å². The lowest BCUT2D eigenvalue weighted by molar-refractivity contribution is 0.0194. The summed E-state index contributed by atoms with van der Waals surface area (Å²) in [6, 6.07) is 7.16. The first-order chi connectivity index (χ1) is 13.6. The van der Waals surface area contributed by atoms with E-state index < -0.39 is 11.7 Å². The van der Waals surface area contributed by atoms with Crippen molar-refractivity contribution in [2.75, 3.05) is 6.54 Å². The fourth-order valence-electron chi connectivity index (χ4n) is 4.07. The lowest BCUT2D eigenvalue weighted by Gasteiger charge is -2.40. The van der Waals surface area contributed by atoms with Crippen molar-refractivity contribution in [3.05, 3.63) is 30.0 Å². The van der Waals surface area contributed by atoms with Crippen LogP contribution >= 0.6 is 0 Å². The number of amides is 2. The molecule has 2 amide bonds. The minimum Gasteiger partial charge on any atom is -0.465 e. The Morgan fingerprint density at radius 2 is 1.97 bits per heavy atom. The Morgan fingerprint density at radius 1 is 1.28 bits per heavy atom. The number of para-hydroxylation sites is 1. The van der Waals surface area contributed by atoms with Crippen LogP contribution in [-0.2, 0) is 0 Å². The van der Waals surface area contributed by atoms with Crippen molar-refractivity contribution in [1.82, 2.24) is 20.0 Å². The summed E-state index contributed by atoms with van der Waals surface area (Å²) in [6.45, 7) is 7.57. The molecule has 1 saturated heterocycles. The molecule has 1 aromatic heterocycles. The van der Waals surface area contributed by atoms with Crippen LogP contribution in [-0.4, -0.2) is 61.1 Å². The topological polar surface area (TPSA) is 108 Å². The van der Waals surface area contributed by atoms with Crippen molar-refractivity contribution in [3.8, 4) is 0 Å². The Bertz CT molecular complexity index is 900. The predicted octanol–water partition coefficient (Wildman–Crippen LogP) is 3.02. The number of fused-ring (bicyclic) bond motifs is 1. The number of rotatable bonds is 5. The van der Waals surface area contributed by atoms with Gasteiger partial charge in [0.1, 0.15) is 0 Å². The zero-order valence-corrected chi connectivity index (χ0v) is 17.4. The maximum absolute atomic E-state index is 13.0. The second kappa shape index (κ2) is 8.02. The van der Waals surface area contributed by atoms with Gasteiger partial charge in [0.25, 0.3) is 5.91 Å². The number of likely N-dealkylation sites (tertiary alicyclic amines) is 1. The van der Waals surface area contributed by atoms with Crippen LogP contribution in [0.5, 0.6) is 0 Å². The highest BCUT2D eigenvalue weighted by molar-refractivity contribution is 6.05. The van der Waals surface area contributed by atoms with E-state index >= 15 is 0 Å². The Morgan fingerprint density at radius 3 is 2.59 bits per heavy atom. The van der Waals surface area contributed by atoms with Crippen LogP contribution in [0, 0.1) is 0 Å². The van der Waals surface area contributed by atoms with Gasteiger partial charge in [0.15, 0.2) is 5.69 Å². The van der Waals surface area contributed by atoms with E-state index in [2.05, 4.69) is 10.4 Å². The van der Waals surface area contributed by atoms with Gasteiger partial charge in [0, 0.05) is 30.1 Å². The number of carbonyl (C=O) groups is 2. The summed E-state index contributed by atoms with van der Waals surface area (Å²) >= 11 is 0. The van der Waals surface area contributed by atoms with Crippen molar-refractivity contribution in [3.63, 3.8) is 0 Å². The molecule has 1 aliphatic rings. The van der Waals surface area contributed by atoms with Gasteiger partial charge in [-0.1, -0.05) is 18.2 Å². The van der Waals surface area contributed by atoms with Gasteiger partial charge in [-0.15, -0.1) is 0 Å². The van der Waals surface area contributed by atoms with E-state index in [0.29, 0.717) is 25.0 Å². The van der Waals surface area contributed by atoms with Gasteiger partial charge in [0.2, 0.25) is 0 Å². The molecular weight excluding hydrogens is 372 g/mol. The maximum Gasteiger partial charge on any atom is 0.407 e. The number of nitrogens with zero attached hydrogens (tertiary/aromatic N) is 3. The van der Waals surface area contributed by atoms with E-state index in [1.807, 2.05) is 42.8 Å². The molecule has 2 atom stereocenters.